The highest BCUT2D eigenvalue weighted by atomic mass is 79.9. The van der Waals surface area contributed by atoms with E-state index in [2.05, 4.69) is 33.9 Å². The zero-order valence-electron chi connectivity index (χ0n) is 13.8. The third kappa shape index (κ3) is 5.83. The van der Waals surface area contributed by atoms with Gasteiger partial charge < -0.3 is 19.5 Å². The summed E-state index contributed by atoms with van der Waals surface area (Å²) in [6, 6.07) is 4.11. The quantitative estimate of drug-likeness (QED) is 0.655. The highest BCUT2D eigenvalue weighted by Gasteiger charge is 2.14. The van der Waals surface area contributed by atoms with Crippen molar-refractivity contribution < 1.29 is 14.2 Å². The summed E-state index contributed by atoms with van der Waals surface area (Å²) in [6.45, 7) is 10.3. The van der Waals surface area contributed by atoms with Gasteiger partial charge in [0.15, 0.2) is 11.5 Å². The van der Waals surface area contributed by atoms with Crippen LogP contribution < -0.4 is 14.8 Å². The Morgan fingerprint density at radius 1 is 1.43 bits per heavy atom. The van der Waals surface area contributed by atoms with Crippen LogP contribution >= 0.6 is 15.9 Å². The van der Waals surface area contributed by atoms with Crippen LogP contribution in [0.25, 0.3) is 0 Å². The molecule has 1 unspecified atom stereocenters. The number of hydrogen-bond donors (Lipinski definition) is 1. The van der Waals surface area contributed by atoms with Gasteiger partial charge in [0.2, 0.25) is 0 Å². The van der Waals surface area contributed by atoms with Gasteiger partial charge >= 0.3 is 0 Å². The molecule has 0 amide bonds. The number of ether oxygens (including phenoxy) is 3. The average molecular weight is 384 g/mol. The summed E-state index contributed by atoms with van der Waals surface area (Å²) >= 11 is 3.58. The molecule has 0 aromatic heterocycles. The topological polar surface area (TPSA) is 39.7 Å². The molecule has 0 bridgehead atoms. The van der Waals surface area contributed by atoms with Crippen molar-refractivity contribution in [2.24, 2.45) is 5.92 Å². The summed E-state index contributed by atoms with van der Waals surface area (Å²) in [5.41, 5.74) is 1.17. The number of rotatable bonds is 9. The average Bonchev–Trinajstić information content (AvgIpc) is 2.55. The normalized spacial score (nSPS) is 17.7. The monoisotopic (exact) mass is 383 g/mol. The molecule has 128 valence electrons. The predicted molar refractivity (Wildman–Crippen MR) is 96.3 cm³/mol. The van der Waals surface area contributed by atoms with Crippen LogP contribution in [0.15, 0.2) is 29.3 Å². The first-order chi connectivity index (χ1) is 11.2. The molecule has 0 saturated carbocycles. The van der Waals surface area contributed by atoms with Gasteiger partial charge in [0.05, 0.1) is 17.7 Å². The van der Waals surface area contributed by atoms with E-state index in [1.807, 2.05) is 13.0 Å². The van der Waals surface area contributed by atoms with Gasteiger partial charge in [0.1, 0.15) is 6.61 Å². The van der Waals surface area contributed by atoms with E-state index in [0.29, 0.717) is 19.1 Å². The van der Waals surface area contributed by atoms with Crippen LogP contribution in [0, 0.1) is 5.92 Å². The smallest absolute Gasteiger partial charge is 0.175 e. The van der Waals surface area contributed by atoms with Gasteiger partial charge in [-0.05, 0) is 59.3 Å². The molecule has 0 aliphatic carbocycles. The molecule has 1 aliphatic heterocycles. The minimum Gasteiger partial charge on any atom is -0.490 e. The molecule has 2 rings (SSSR count). The van der Waals surface area contributed by atoms with Gasteiger partial charge in [0, 0.05) is 19.7 Å². The molecule has 1 N–H and O–H groups in total. The third-order valence-electron chi connectivity index (χ3n) is 3.73. The Kier molecular flexibility index (Phi) is 7.92. The highest BCUT2D eigenvalue weighted by molar-refractivity contribution is 9.10. The molecule has 1 aliphatic rings. The van der Waals surface area contributed by atoms with Crippen LogP contribution in [0.1, 0.15) is 25.3 Å². The Hall–Kier alpha value is -1.04. The third-order valence-corrected chi connectivity index (χ3v) is 4.32. The minimum absolute atomic E-state index is 0.456. The van der Waals surface area contributed by atoms with E-state index in [4.69, 9.17) is 14.2 Å². The summed E-state index contributed by atoms with van der Waals surface area (Å²) in [4.78, 5) is 0. The van der Waals surface area contributed by atoms with Crippen molar-refractivity contribution in [3.05, 3.63) is 34.8 Å². The SMILES string of the molecule is C=CCOc1c(Br)cc(CNCC2CCCOC2)cc1OCC. The molecule has 4 nitrogen and oxygen atoms in total. The molecule has 5 heteroatoms. The Labute approximate surface area is 147 Å². The largest absolute Gasteiger partial charge is 0.490 e. The fraction of sp³-hybridized carbons (Fsp3) is 0.556. The maximum atomic E-state index is 5.71. The van der Waals surface area contributed by atoms with E-state index in [9.17, 15) is 0 Å². The number of halogens is 1. The van der Waals surface area contributed by atoms with Crippen LogP contribution in [-0.2, 0) is 11.3 Å². The van der Waals surface area contributed by atoms with Crippen molar-refractivity contribution in [3.8, 4) is 11.5 Å². The van der Waals surface area contributed by atoms with E-state index in [1.54, 1.807) is 6.08 Å². The lowest BCUT2D eigenvalue weighted by Crippen LogP contribution is -2.28. The maximum Gasteiger partial charge on any atom is 0.175 e. The van der Waals surface area contributed by atoms with Gasteiger partial charge in [-0.1, -0.05) is 12.7 Å². The summed E-state index contributed by atoms with van der Waals surface area (Å²) in [5.74, 6) is 2.12. The minimum atomic E-state index is 0.456. The Morgan fingerprint density at radius 3 is 3.00 bits per heavy atom. The molecule has 1 fully saturated rings. The molecule has 1 atom stereocenters. The second kappa shape index (κ2) is 9.96. The summed E-state index contributed by atoms with van der Waals surface area (Å²) in [7, 11) is 0. The maximum absolute atomic E-state index is 5.71. The van der Waals surface area contributed by atoms with Gasteiger partial charge in [-0.2, -0.15) is 0 Å². The highest BCUT2D eigenvalue weighted by Crippen LogP contribution is 2.37. The van der Waals surface area contributed by atoms with Crippen LogP contribution in [0.2, 0.25) is 0 Å². The van der Waals surface area contributed by atoms with Crippen molar-refractivity contribution in [1.29, 1.82) is 0 Å². The Bertz CT molecular complexity index is 501. The molecule has 1 aromatic carbocycles. The first-order valence-corrected chi connectivity index (χ1v) is 9.01. The molecular weight excluding hydrogens is 358 g/mol. The zero-order chi connectivity index (χ0) is 16.5. The fourth-order valence-corrected chi connectivity index (χ4v) is 3.26. The Morgan fingerprint density at radius 2 is 2.30 bits per heavy atom. The van der Waals surface area contributed by atoms with Gasteiger partial charge in [-0.25, -0.2) is 0 Å². The predicted octanol–water partition coefficient (Wildman–Crippen LogP) is 3.93. The van der Waals surface area contributed by atoms with Crippen molar-refractivity contribution in [3.63, 3.8) is 0 Å². The molecule has 0 radical (unpaired) electrons. The van der Waals surface area contributed by atoms with E-state index in [-0.39, 0.29) is 0 Å². The molecule has 1 heterocycles. The molecular formula is C18H26BrNO3. The lowest BCUT2D eigenvalue weighted by atomic mass is 10.0. The van der Waals surface area contributed by atoms with Gasteiger partial charge in [-0.3, -0.25) is 0 Å². The zero-order valence-corrected chi connectivity index (χ0v) is 15.4. The van der Waals surface area contributed by atoms with Crippen molar-refractivity contribution in [2.75, 3.05) is 33.0 Å². The lowest BCUT2D eigenvalue weighted by molar-refractivity contribution is 0.0547. The summed E-state index contributed by atoms with van der Waals surface area (Å²) in [6.07, 6.45) is 4.14. The second-order valence-corrected chi connectivity index (χ2v) is 6.51. The molecule has 1 saturated heterocycles. The molecule has 23 heavy (non-hydrogen) atoms. The van der Waals surface area contributed by atoms with E-state index < -0.39 is 0 Å². The fourth-order valence-electron chi connectivity index (χ4n) is 2.66. The number of hydrogen-bond acceptors (Lipinski definition) is 4. The summed E-state index contributed by atoms with van der Waals surface area (Å²) in [5, 5.41) is 3.52. The molecule has 0 spiro atoms. The van der Waals surface area contributed by atoms with E-state index in [1.165, 1.54) is 18.4 Å². The van der Waals surface area contributed by atoms with Crippen LogP contribution in [0.4, 0.5) is 0 Å². The van der Waals surface area contributed by atoms with Crippen molar-refractivity contribution in [2.45, 2.75) is 26.3 Å². The first kappa shape index (κ1) is 18.3. The van der Waals surface area contributed by atoms with Crippen LogP contribution in [-0.4, -0.2) is 33.0 Å². The van der Waals surface area contributed by atoms with Crippen LogP contribution in [0.5, 0.6) is 11.5 Å². The second-order valence-electron chi connectivity index (χ2n) is 5.65. The summed E-state index contributed by atoms with van der Waals surface area (Å²) < 4.78 is 17.8. The molecule has 1 aromatic rings. The van der Waals surface area contributed by atoms with E-state index >= 15 is 0 Å². The van der Waals surface area contributed by atoms with Crippen molar-refractivity contribution in [1.82, 2.24) is 5.32 Å². The standard InChI is InChI=1S/C18H26BrNO3/c1-3-7-23-18-16(19)9-15(10-17(18)22-4-2)12-20-11-14-6-5-8-21-13-14/h3,9-10,14,20H,1,4-8,11-13H2,2H3. The first-order valence-electron chi connectivity index (χ1n) is 8.22. The van der Waals surface area contributed by atoms with Crippen LogP contribution in [0.3, 0.4) is 0 Å². The Balaban J connectivity index is 1.96. The number of benzene rings is 1. The van der Waals surface area contributed by atoms with Gasteiger partial charge in [-0.15, -0.1) is 0 Å². The number of nitrogens with one attached hydrogen (secondary N) is 1. The lowest BCUT2D eigenvalue weighted by Gasteiger charge is -2.22. The van der Waals surface area contributed by atoms with E-state index in [0.717, 1.165) is 42.3 Å². The van der Waals surface area contributed by atoms with Gasteiger partial charge in [0.25, 0.3) is 0 Å². The van der Waals surface area contributed by atoms with Crippen molar-refractivity contribution >= 4 is 15.9 Å².